The van der Waals surface area contributed by atoms with Gasteiger partial charge in [0.25, 0.3) is 5.91 Å². The summed E-state index contributed by atoms with van der Waals surface area (Å²) in [6.07, 6.45) is 2.59. The summed E-state index contributed by atoms with van der Waals surface area (Å²) in [7, 11) is 0. The number of nitrogens with one attached hydrogen (secondary N) is 1. The van der Waals surface area contributed by atoms with Crippen molar-refractivity contribution in [1.29, 1.82) is 0 Å². The van der Waals surface area contributed by atoms with E-state index >= 15 is 0 Å². The van der Waals surface area contributed by atoms with Crippen LogP contribution in [0.15, 0.2) is 34.2 Å². The molecule has 0 aliphatic heterocycles. The molecule has 6 heteroatoms. The van der Waals surface area contributed by atoms with Crippen LogP contribution in [0.2, 0.25) is 0 Å². The lowest BCUT2D eigenvalue weighted by Crippen LogP contribution is -2.11. The van der Waals surface area contributed by atoms with Crippen molar-refractivity contribution < 1.29 is 9.53 Å². The van der Waals surface area contributed by atoms with Crippen LogP contribution in [-0.4, -0.2) is 17.5 Å². The van der Waals surface area contributed by atoms with Crippen molar-refractivity contribution in [3.63, 3.8) is 0 Å². The van der Waals surface area contributed by atoms with Gasteiger partial charge in [-0.2, -0.15) is 0 Å². The molecule has 0 aliphatic carbocycles. The van der Waals surface area contributed by atoms with Crippen LogP contribution >= 0.6 is 27.3 Å². The molecule has 0 spiro atoms. The van der Waals surface area contributed by atoms with Crippen LogP contribution in [-0.2, 0) is 0 Å². The SMILES string of the molecule is CCCOc1ccc(C(=O)Nc2nccs2)cc1Br. The summed E-state index contributed by atoms with van der Waals surface area (Å²) in [5, 5.41) is 5.14. The van der Waals surface area contributed by atoms with E-state index < -0.39 is 0 Å². The topological polar surface area (TPSA) is 51.2 Å². The van der Waals surface area contributed by atoms with E-state index in [1.165, 1.54) is 11.3 Å². The number of rotatable bonds is 5. The zero-order valence-electron chi connectivity index (χ0n) is 10.4. The number of halogens is 1. The highest BCUT2D eigenvalue weighted by Crippen LogP contribution is 2.26. The number of carbonyl (C=O) groups is 1. The molecule has 2 aromatic rings. The zero-order chi connectivity index (χ0) is 13.7. The fourth-order valence-electron chi connectivity index (χ4n) is 1.43. The Morgan fingerprint density at radius 2 is 2.37 bits per heavy atom. The fraction of sp³-hybridized carbons (Fsp3) is 0.231. The first-order valence-corrected chi connectivity index (χ1v) is 7.51. The molecule has 0 saturated heterocycles. The minimum atomic E-state index is -0.183. The smallest absolute Gasteiger partial charge is 0.257 e. The molecular weight excluding hydrogens is 328 g/mol. The van der Waals surface area contributed by atoms with E-state index in [0.29, 0.717) is 17.3 Å². The predicted octanol–water partition coefficient (Wildman–Crippen LogP) is 3.95. The Kier molecular flexibility index (Phi) is 4.93. The fourth-order valence-corrected chi connectivity index (χ4v) is 2.44. The second kappa shape index (κ2) is 6.68. The van der Waals surface area contributed by atoms with E-state index in [1.54, 1.807) is 24.4 Å². The van der Waals surface area contributed by atoms with E-state index in [9.17, 15) is 4.79 Å². The summed E-state index contributed by atoms with van der Waals surface area (Å²) in [5.74, 6) is 0.561. The summed E-state index contributed by atoms with van der Waals surface area (Å²) in [6, 6.07) is 5.27. The quantitative estimate of drug-likeness (QED) is 0.896. The predicted molar refractivity (Wildman–Crippen MR) is 80.0 cm³/mol. The third-order valence-corrected chi connectivity index (χ3v) is 3.62. The maximum absolute atomic E-state index is 12.0. The summed E-state index contributed by atoms with van der Waals surface area (Å²) in [4.78, 5) is 16.0. The number of aromatic nitrogens is 1. The molecule has 0 atom stereocenters. The van der Waals surface area contributed by atoms with Crippen molar-refractivity contribution in [3.8, 4) is 5.75 Å². The molecule has 2 rings (SSSR count). The highest BCUT2D eigenvalue weighted by atomic mass is 79.9. The van der Waals surface area contributed by atoms with Crippen molar-refractivity contribution >= 4 is 38.3 Å². The first-order chi connectivity index (χ1) is 9.20. The summed E-state index contributed by atoms with van der Waals surface area (Å²) in [6.45, 7) is 2.70. The Bertz CT molecular complexity index is 558. The monoisotopic (exact) mass is 340 g/mol. The number of hydrogen-bond acceptors (Lipinski definition) is 4. The number of ether oxygens (including phenoxy) is 1. The van der Waals surface area contributed by atoms with Crippen molar-refractivity contribution in [2.45, 2.75) is 13.3 Å². The average molecular weight is 341 g/mol. The third kappa shape index (κ3) is 3.78. The molecule has 0 fully saturated rings. The van der Waals surface area contributed by atoms with Crippen molar-refractivity contribution in [1.82, 2.24) is 4.98 Å². The molecule has 1 aromatic heterocycles. The van der Waals surface area contributed by atoms with Gasteiger partial charge in [-0.3, -0.25) is 10.1 Å². The van der Waals surface area contributed by atoms with Crippen molar-refractivity contribution in [3.05, 3.63) is 39.8 Å². The minimum absolute atomic E-state index is 0.183. The van der Waals surface area contributed by atoms with Gasteiger partial charge in [-0.1, -0.05) is 6.92 Å². The van der Waals surface area contributed by atoms with Gasteiger partial charge < -0.3 is 4.74 Å². The molecule has 0 radical (unpaired) electrons. The van der Waals surface area contributed by atoms with Gasteiger partial charge in [0.2, 0.25) is 0 Å². The van der Waals surface area contributed by atoms with Crippen molar-refractivity contribution in [2.75, 3.05) is 11.9 Å². The molecule has 100 valence electrons. The number of hydrogen-bond donors (Lipinski definition) is 1. The molecule has 1 aromatic carbocycles. The van der Waals surface area contributed by atoms with E-state index in [2.05, 4.69) is 26.2 Å². The number of benzene rings is 1. The lowest BCUT2D eigenvalue weighted by atomic mass is 10.2. The highest BCUT2D eigenvalue weighted by molar-refractivity contribution is 9.10. The number of anilines is 1. The molecule has 0 aliphatic rings. The number of carbonyl (C=O) groups excluding carboxylic acids is 1. The van der Waals surface area contributed by atoms with Gasteiger partial charge in [-0.25, -0.2) is 4.98 Å². The molecule has 4 nitrogen and oxygen atoms in total. The molecule has 1 N–H and O–H groups in total. The summed E-state index contributed by atoms with van der Waals surface area (Å²) in [5.41, 5.74) is 0.561. The van der Waals surface area contributed by atoms with E-state index in [1.807, 2.05) is 12.3 Å². The van der Waals surface area contributed by atoms with E-state index in [-0.39, 0.29) is 5.91 Å². The van der Waals surface area contributed by atoms with Gasteiger partial charge in [-0.15, -0.1) is 11.3 Å². The average Bonchev–Trinajstić information content (AvgIpc) is 2.90. The van der Waals surface area contributed by atoms with Crippen molar-refractivity contribution in [2.24, 2.45) is 0 Å². The second-order valence-electron chi connectivity index (χ2n) is 3.79. The number of amides is 1. The lowest BCUT2D eigenvalue weighted by Gasteiger charge is -2.08. The van der Waals surface area contributed by atoms with E-state index in [0.717, 1.165) is 16.6 Å². The second-order valence-corrected chi connectivity index (χ2v) is 5.53. The molecular formula is C13H13BrN2O2S. The van der Waals surface area contributed by atoms with Crippen LogP contribution in [0.1, 0.15) is 23.7 Å². The van der Waals surface area contributed by atoms with Gasteiger partial charge in [-0.05, 0) is 40.5 Å². The van der Waals surface area contributed by atoms with E-state index in [4.69, 9.17) is 4.74 Å². The molecule has 0 bridgehead atoms. The van der Waals surface area contributed by atoms with Gasteiger partial charge >= 0.3 is 0 Å². The van der Waals surface area contributed by atoms with Crippen LogP contribution in [0.5, 0.6) is 5.75 Å². The largest absolute Gasteiger partial charge is 0.492 e. The maximum atomic E-state index is 12.0. The third-order valence-electron chi connectivity index (χ3n) is 2.31. The molecule has 0 saturated carbocycles. The minimum Gasteiger partial charge on any atom is -0.492 e. The van der Waals surface area contributed by atoms with Crippen LogP contribution in [0, 0.1) is 0 Å². The Labute approximate surface area is 124 Å². The zero-order valence-corrected chi connectivity index (χ0v) is 12.8. The van der Waals surface area contributed by atoms with Gasteiger partial charge in [0.05, 0.1) is 11.1 Å². The van der Waals surface area contributed by atoms with Crippen LogP contribution in [0.25, 0.3) is 0 Å². The number of thiazole rings is 1. The highest BCUT2D eigenvalue weighted by Gasteiger charge is 2.10. The normalized spacial score (nSPS) is 10.2. The van der Waals surface area contributed by atoms with Crippen LogP contribution in [0.3, 0.4) is 0 Å². The summed E-state index contributed by atoms with van der Waals surface area (Å²) < 4.78 is 6.31. The molecule has 1 heterocycles. The Morgan fingerprint density at radius 3 is 3.00 bits per heavy atom. The standard InChI is InChI=1S/C13H13BrN2O2S/c1-2-6-18-11-4-3-9(8-10(11)14)12(17)16-13-15-5-7-19-13/h3-5,7-8H,2,6H2,1H3,(H,15,16,17). The van der Waals surface area contributed by atoms with Crippen LogP contribution < -0.4 is 10.1 Å². The van der Waals surface area contributed by atoms with Crippen LogP contribution in [0.4, 0.5) is 5.13 Å². The first-order valence-electron chi connectivity index (χ1n) is 5.84. The Morgan fingerprint density at radius 1 is 1.53 bits per heavy atom. The molecule has 1 amide bonds. The summed E-state index contributed by atoms with van der Waals surface area (Å²) >= 11 is 4.79. The van der Waals surface area contributed by atoms with Gasteiger partial charge in [0.1, 0.15) is 5.75 Å². The Hall–Kier alpha value is -1.40. The lowest BCUT2D eigenvalue weighted by molar-refractivity contribution is 0.102. The maximum Gasteiger partial charge on any atom is 0.257 e. The van der Waals surface area contributed by atoms with Gasteiger partial charge in [0.15, 0.2) is 5.13 Å². The first kappa shape index (κ1) is 14.0. The van der Waals surface area contributed by atoms with Gasteiger partial charge in [0, 0.05) is 17.1 Å². The Balaban J connectivity index is 2.08. The number of nitrogens with zero attached hydrogens (tertiary/aromatic N) is 1. The molecule has 19 heavy (non-hydrogen) atoms. The molecule has 0 unspecified atom stereocenters.